The first-order valence-corrected chi connectivity index (χ1v) is 7.50. The number of carbonyl (C=O) groups excluding carboxylic acids is 1. The molecule has 0 aliphatic carbocycles. The molecule has 0 aliphatic rings. The molecule has 1 unspecified atom stereocenters. The van der Waals surface area contributed by atoms with Gasteiger partial charge in [0, 0.05) is 12.5 Å². The molecular formula is C19H23NO. The number of benzene rings is 2. The maximum Gasteiger partial charge on any atom is 0.223 e. The molecule has 0 aromatic heterocycles. The lowest BCUT2D eigenvalue weighted by atomic mass is 9.97. The standard InChI is InChI=1S/C19H23NO/c1-14(2)15(3)19(21)20-13-16-8-7-11-18(12-16)17-9-5-4-6-10-17/h4-12,14-15H,13H2,1-3H3,(H,20,21). The van der Waals surface area contributed by atoms with E-state index in [2.05, 4.69) is 43.4 Å². The molecule has 0 aliphatic heterocycles. The van der Waals surface area contributed by atoms with Gasteiger partial charge in [0.2, 0.25) is 5.91 Å². The lowest BCUT2D eigenvalue weighted by Gasteiger charge is -2.15. The van der Waals surface area contributed by atoms with Gasteiger partial charge in [0.25, 0.3) is 0 Å². The zero-order valence-corrected chi connectivity index (χ0v) is 13.0. The quantitative estimate of drug-likeness (QED) is 0.871. The van der Waals surface area contributed by atoms with Gasteiger partial charge < -0.3 is 5.32 Å². The van der Waals surface area contributed by atoms with Crippen LogP contribution >= 0.6 is 0 Å². The molecule has 0 heterocycles. The van der Waals surface area contributed by atoms with E-state index >= 15 is 0 Å². The Hall–Kier alpha value is -2.09. The Morgan fingerprint density at radius 3 is 2.29 bits per heavy atom. The van der Waals surface area contributed by atoms with Crippen molar-refractivity contribution in [2.24, 2.45) is 11.8 Å². The van der Waals surface area contributed by atoms with E-state index in [-0.39, 0.29) is 11.8 Å². The fourth-order valence-electron chi connectivity index (χ4n) is 2.14. The first kappa shape index (κ1) is 15.3. The average Bonchev–Trinajstić information content (AvgIpc) is 2.53. The van der Waals surface area contributed by atoms with Gasteiger partial charge in [-0.2, -0.15) is 0 Å². The van der Waals surface area contributed by atoms with Crippen LogP contribution in [0.3, 0.4) is 0 Å². The third kappa shape index (κ3) is 4.19. The van der Waals surface area contributed by atoms with Crippen molar-refractivity contribution in [3.05, 3.63) is 60.2 Å². The summed E-state index contributed by atoms with van der Waals surface area (Å²) in [5.74, 6) is 0.526. The Morgan fingerprint density at radius 1 is 0.952 bits per heavy atom. The molecule has 0 fully saturated rings. The van der Waals surface area contributed by atoms with E-state index < -0.39 is 0 Å². The summed E-state index contributed by atoms with van der Waals surface area (Å²) in [6.07, 6.45) is 0. The molecular weight excluding hydrogens is 258 g/mol. The molecule has 2 aromatic carbocycles. The maximum absolute atomic E-state index is 12.0. The Labute approximate surface area is 127 Å². The van der Waals surface area contributed by atoms with E-state index in [1.54, 1.807) is 0 Å². The number of hydrogen-bond donors (Lipinski definition) is 1. The zero-order chi connectivity index (χ0) is 15.2. The molecule has 2 rings (SSSR count). The van der Waals surface area contributed by atoms with Gasteiger partial charge in [-0.25, -0.2) is 0 Å². The summed E-state index contributed by atoms with van der Waals surface area (Å²) in [5.41, 5.74) is 3.50. The zero-order valence-electron chi connectivity index (χ0n) is 13.0. The fraction of sp³-hybridized carbons (Fsp3) is 0.316. The molecule has 1 amide bonds. The van der Waals surface area contributed by atoms with E-state index in [9.17, 15) is 4.79 Å². The highest BCUT2D eigenvalue weighted by Gasteiger charge is 2.15. The highest BCUT2D eigenvalue weighted by atomic mass is 16.1. The molecule has 0 saturated carbocycles. The monoisotopic (exact) mass is 281 g/mol. The molecule has 2 nitrogen and oxygen atoms in total. The predicted octanol–water partition coefficient (Wildman–Crippen LogP) is 4.26. The highest BCUT2D eigenvalue weighted by Crippen LogP contribution is 2.20. The Bertz CT molecular complexity index is 590. The van der Waals surface area contributed by atoms with E-state index in [1.807, 2.05) is 37.3 Å². The van der Waals surface area contributed by atoms with Gasteiger partial charge in [0.1, 0.15) is 0 Å². The van der Waals surface area contributed by atoms with Crippen LogP contribution < -0.4 is 5.32 Å². The molecule has 1 atom stereocenters. The Balaban J connectivity index is 2.04. The van der Waals surface area contributed by atoms with Crippen LogP contribution in [-0.2, 0) is 11.3 Å². The van der Waals surface area contributed by atoms with Gasteiger partial charge in [-0.05, 0) is 28.7 Å². The molecule has 0 bridgehead atoms. The summed E-state index contributed by atoms with van der Waals surface area (Å²) in [5, 5.41) is 3.02. The third-order valence-electron chi connectivity index (χ3n) is 3.91. The first-order valence-electron chi connectivity index (χ1n) is 7.50. The van der Waals surface area contributed by atoms with Crippen molar-refractivity contribution in [3.8, 4) is 11.1 Å². The second kappa shape index (κ2) is 7.07. The van der Waals surface area contributed by atoms with Crippen molar-refractivity contribution < 1.29 is 4.79 Å². The summed E-state index contributed by atoms with van der Waals surface area (Å²) in [6, 6.07) is 18.6. The van der Waals surface area contributed by atoms with Crippen molar-refractivity contribution in [2.45, 2.75) is 27.3 Å². The molecule has 1 N–H and O–H groups in total. The molecule has 2 aromatic rings. The molecule has 0 saturated heterocycles. The summed E-state index contributed by atoms with van der Waals surface area (Å²) in [4.78, 5) is 12.0. The van der Waals surface area contributed by atoms with Gasteiger partial charge in [-0.3, -0.25) is 4.79 Å². The molecule has 21 heavy (non-hydrogen) atoms. The van der Waals surface area contributed by atoms with Crippen LogP contribution in [0.2, 0.25) is 0 Å². The topological polar surface area (TPSA) is 29.1 Å². The van der Waals surface area contributed by atoms with Gasteiger partial charge >= 0.3 is 0 Å². The van der Waals surface area contributed by atoms with Crippen molar-refractivity contribution >= 4 is 5.91 Å². The van der Waals surface area contributed by atoms with Crippen LogP contribution in [0, 0.1) is 11.8 Å². The van der Waals surface area contributed by atoms with Crippen molar-refractivity contribution in [3.63, 3.8) is 0 Å². The van der Waals surface area contributed by atoms with Gasteiger partial charge in [-0.15, -0.1) is 0 Å². The van der Waals surface area contributed by atoms with E-state index in [0.717, 1.165) is 5.56 Å². The second-order valence-corrected chi connectivity index (χ2v) is 5.82. The first-order chi connectivity index (χ1) is 10.1. The van der Waals surface area contributed by atoms with Crippen LogP contribution in [0.15, 0.2) is 54.6 Å². The SMILES string of the molecule is CC(C)C(C)C(=O)NCc1cccc(-c2ccccc2)c1. The summed E-state index contributed by atoms with van der Waals surface area (Å²) >= 11 is 0. The van der Waals surface area contributed by atoms with Gasteiger partial charge in [0.05, 0.1) is 0 Å². The third-order valence-corrected chi connectivity index (χ3v) is 3.91. The van der Waals surface area contributed by atoms with Crippen LogP contribution in [0.5, 0.6) is 0 Å². The van der Waals surface area contributed by atoms with E-state index in [4.69, 9.17) is 0 Å². The van der Waals surface area contributed by atoms with Crippen LogP contribution in [0.25, 0.3) is 11.1 Å². The molecule has 110 valence electrons. The number of nitrogens with one attached hydrogen (secondary N) is 1. The number of hydrogen-bond acceptors (Lipinski definition) is 1. The predicted molar refractivity (Wildman–Crippen MR) is 87.7 cm³/mol. The van der Waals surface area contributed by atoms with Crippen LogP contribution in [0.1, 0.15) is 26.3 Å². The largest absolute Gasteiger partial charge is 0.352 e. The maximum atomic E-state index is 12.0. The molecule has 2 heteroatoms. The Kier molecular flexibility index (Phi) is 5.15. The lowest BCUT2D eigenvalue weighted by Crippen LogP contribution is -2.31. The molecule has 0 spiro atoms. The minimum atomic E-state index is 0.0438. The van der Waals surface area contributed by atoms with Crippen molar-refractivity contribution in [1.82, 2.24) is 5.32 Å². The van der Waals surface area contributed by atoms with Gasteiger partial charge in [-0.1, -0.05) is 69.3 Å². The smallest absolute Gasteiger partial charge is 0.223 e. The number of carbonyl (C=O) groups is 1. The van der Waals surface area contributed by atoms with Crippen LogP contribution in [-0.4, -0.2) is 5.91 Å². The highest BCUT2D eigenvalue weighted by molar-refractivity contribution is 5.78. The minimum absolute atomic E-state index is 0.0438. The minimum Gasteiger partial charge on any atom is -0.352 e. The summed E-state index contributed by atoms with van der Waals surface area (Å²) < 4.78 is 0. The average molecular weight is 281 g/mol. The summed E-state index contributed by atoms with van der Waals surface area (Å²) in [7, 11) is 0. The van der Waals surface area contributed by atoms with Gasteiger partial charge in [0.15, 0.2) is 0 Å². The lowest BCUT2D eigenvalue weighted by molar-refractivity contribution is -0.125. The van der Waals surface area contributed by atoms with E-state index in [1.165, 1.54) is 11.1 Å². The summed E-state index contributed by atoms with van der Waals surface area (Å²) in [6.45, 7) is 6.69. The number of rotatable bonds is 5. The van der Waals surface area contributed by atoms with Crippen molar-refractivity contribution in [2.75, 3.05) is 0 Å². The van der Waals surface area contributed by atoms with Crippen molar-refractivity contribution in [1.29, 1.82) is 0 Å². The Morgan fingerprint density at radius 2 is 1.62 bits per heavy atom. The number of amides is 1. The second-order valence-electron chi connectivity index (χ2n) is 5.82. The van der Waals surface area contributed by atoms with E-state index in [0.29, 0.717) is 12.5 Å². The van der Waals surface area contributed by atoms with Crippen LogP contribution in [0.4, 0.5) is 0 Å². The fourth-order valence-corrected chi connectivity index (χ4v) is 2.14. The molecule has 0 radical (unpaired) electrons. The normalized spacial score (nSPS) is 12.2.